The van der Waals surface area contributed by atoms with Gasteiger partial charge in [0.15, 0.2) is 0 Å². The third-order valence-electron chi connectivity index (χ3n) is 2.38. The Bertz CT molecular complexity index is 715. The summed E-state index contributed by atoms with van der Waals surface area (Å²) in [5.74, 6) is 0.694. The zero-order chi connectivity index (χ0) is 12.5. The van der Waals surface area contributed by atoms with Crippen molar-refractivity contribution in [3.8, 4) is 0 Å². The van der Waals surface area contributed by atoms with E-state index in [1.54, 1.807) is 12.3 Å². The molecule has 18 heavy (non-hydrogen) atoms. The number of fused-ring (bicyclic) bond motifs is 1. The second-order valence-corrected chi connectivity index (χ2v) is 5.30. The Morgan fingerprint density at radius 1 is 1.22 bits per heavy atom. The fraction of sp³-hybridized carbons (Fsp3) is 0. The Labute approximate surface area is 120 Å². The van der Waals surface area contributed by atoms with E-state index >= 15 is 0 Å². The Morgan fingerprint density at radius 2 is 2.11 bits per heavy atom. The van der Waals surface area contributed by atoms with E-state index in [1.807, 2.05) is 18.2 Å². The van der Waals surface area contributed by atoms with Gasteiger partial charge in [-0.25, -0.2) is 4.98 Å². The van der Waals surface area contributed by atoms with Crippen LogP contribution in [0, 0.1) is 0 Å². The number of rotatable bonds is 2. The minimum atomic E-state index is 0.591. The molecule has 7 heteroatoms. The number of benzene rings is 1. The summed E-state index contributed by atoms with van der Waals surface area (Å²) in [4.78, 5) is 4.24. The summed E-state index contributed by atoms with van der Waals surface area (Å²) in [5, 5.41) is 3.77. The van der Waals surface area contributed by atoms with Crippen molar-refractivity contribution in [2.24, 2.45) is 0 Å². The van der Waals surface area contributed by atoms with Crippen LogP contribution in [0.5, 0.6) is 0 Å². The molecule has 0 unspecified atom stereocenters. The molecule has 0 fully saturated rings. The van der Waals surface area contributed by atoms with Crippen LogP contribution in [-0.2, 0) is 0 Å². The van der Waals surface area contributed by atoms with Gasteiger partial charge < -0.3 is 5.32 Å². The number of pyridine rings is 1. The second kappa shape index (κ2) is 4.79. The fourth-order valence-electron chi connectivity index (χ4n) is 1.54. The van der Waals surface area contributed by atoms with Crippen molar-refractivity contribution in [2.75, 3.05) is 5.32 Å². The summed E-state index contributed by atoms with van der Waals surface area (Å²) in [5.41, 5.74) is 2.30. The maximum absolute atomic E-state index is 6.19. The summed E-state index contributed by atoms with van der Waals surface area (Å²) in [6.07, 6.45) is 1.71. The number of aromatic nitrogens is 3. The molecule has 1 aromatic carbocycles. The van der Waals surface area contributed by atoms with Gasteiger partial charge in [-0.15, -0.1) is 0 Å². The lowest BCUT2D eigenvalue weighted by molar-refractivity contribution is 1.29. The Hall–Kier alpha value is -1.24. The SMILES string of the molecule is Clc1ccc2nsnc2c1Nc1ncccc1Br. The van der Waals surface area contributed by atoms with E-state index in [1.165, 1.54) is 0 Å². The van der Waals surface area contributed by atoms with Crippen LogP contribution in [0.3, 0.4) is 0 Å². The molecule has 0 bridgehead atoms. The van der Waals surface area contributed by atoms with Crippen LogP contribution in [0.4, 0.5) is 11.5 Å². The van der Waals surface area contributed by atoms with Crippen molar-refractivity contribution in [1.29, 1.82) is 0 Å². The highest BCUT2D eigenvalue weighted by Crippen LogP contribution is 2.33. The van der Waals surface area contributed by atoms with E-state index in [2.05, 4.69) is 35.0 Å². The van der Waals surface area contributed by atoms with Crippen LogP contribution >= 0.6 is 39.3 Å². The molecule has 0 aliphatic carbocycles. The first-order valence-electron chi connectivity index (χ1n) is 5.04. The lowest BCUT2D eigenvalue weighted by Crippen LogP contribution is -1.96. The molecule has 3 aromatic rings. The van der Waals surface area contributed by atoms with E-state index in [-0.39, 0.29) is 0 Å². The summed E-state index contributed by atoms with van der Waals surface area (Å²) in [7, 11) is 0. The van der Waals surface area contributed by atoms with E-state index < -0.39 is 0 Å². The number of nitrogens with zero attached hydrogens (tertiary/aromatic N) is 3. The zero-order valence-corrected chi connectivity index (χ0v) is 12.1. The standard InChI is InChI=1S/C11H6BrClN4S/c12-6-2-1-5-14-11(6)15-9-7(13)3-4-8-10(9)17-18-16-8/h1-5H,(H,14,15). The van der Waals surface area contributed by atoms with Crippen molar-refractivity contribution >= 4 is 61.8 Å². The molecule has 0 amide bonds. The quantitative estimate of drug-likeness (QED) is 0.757. The summed E-state index contributed by atoms with van der Waals surface area (Å²) >= 11 is 10.8. The molecule has 0 saturated carbocycles. The largest absolute Gasteiger partial charge is 0.336 e. The highest BCUT2D eigenvalue weighted by molar-refractivity contribution is 9.10. The van der Waals surface area contributed by atoms with Gasteiger partial charge in [0.2, 0.25) is 0 Å². The number of hydrogen-bond donors (Lipinski definition) is 1. The monoisotopic (exact) mass is 340 g/mol. The number of hydrogen-bond acceptors (Lipinski definition) is 5. The van der Waals surface area contributed by atoms with Crippen molar-refractivity contribution in [1.82, 2.24) is 13.7 Å². The van der Waals surface area contributed by atoms with Crippen LogP contribution in [0.1, 0.15) is 0 Å². The van der Waals surface area contributed by atoms with E-state index in [9.17, 15) is 0 Å². The third-order valence-corrected chi connectivity index (χ3v) is 3.88. The summed E-state index contributed by atoms with van der Waals surface area (Å²) in [6, 6.07) is 7.40. The molecule has 90 valence electrons. The third kappa shape index (κ3) is 2.07. The van der Waals surface area contributed by atoms with Crippen molar-refractivity contribution in [2.45, 2.75) is 0 Å². The van der Waals surface area contributed by atoms with Crippen molar-refractivity contribution in [3.63, 3.8) is 0 Å². The number of halogens is 2. The van der Waals surface area contributed by atoms with Crippen LogP contribution in [0.2, 0.25) is 5.02 Å². The maximum Gasteiger partial charge on any atom is 0.144 e. The molecule has 0 aliphatic rings. The average Bonchev–Trinajstić information content (AvgIpc) is 2.83. The van der Waals surface area contributed by atoms with Crippen LogP contribution < -0.4 is 5.32 Å². The van der Waals surface area contributed by atoms with Crippen molar-refractivity contribution < 1.29 is 0 Å². The molecule has 3 rings (SSSR count). The molecule has 2 aromatic heterocycles. The first-order valence-corrected chi connectivity index (χ1v) is 6.94. The molecule has 2 heterocycles. The molecular weight excluding hydrogens is 336 g/mol. The van der Waals surface area contributed by atoms with Crippen LogP contribution in [0.15, 0.2) is 34.9 Å². The Kier molecular flexibility index (Phi) is 3.15. The molecule has 0 spiro atoms. The van der Waals surface area contributed by atoms with Gasteiger partial charge in [0.05, 0.1) is 26.9 Å². The second-order valence-electron chi connectivity index (χ2n) is 3.51. The average molecular weight is 342 g/mol. The lowest BCUT2D eigenvalue weighted by atomic mass is 10.2. The van der Waals surface area contributed by atoms with E-state index in [4.69, 9.17) is 11.6 Å². The van der Waals surface area contributed by atoms with Gasteiger partial charge in [-0.1, -0.05) is 11.6 Å². The molecule has 1 N–H and O–H groups in total. The van der Waals surface area contributed by atoms with Crippen LogP contribution in [0.25, 0.3) is 11.0 Å². The first-order chi connectivity index (χ1) is 8.75. The molecule has 0 atom stereocenters. The predicted octanol–water partition coefficient (Wildman–Crippen LogP) is 4.25. The van der Waals surface area contributed by atoms with Gasteiger partial charge in [-0.2, -0.15) is 8.75 Å². The molecule has 4 nitrogen and oxygen atoms in total. The zero-order valence-electron chi connectivity index (χ0n) is 8.89. The first kappa shape index (κ1) is 11.8. The Morgan fingerprint density at radius 3 is 2.94 bits per heavy atom. The van der Waals surface area contributed by atoms with Gasteiger partial charge in [0.25, 0.3) is 0 Å². The van der Waals surface area contributed by atoms with E-state index in [0.29, 0.717) is 10.8 Å². The van der Waals surface area contributed by atoms with Crippen LogP contribution in [-0.4, -0.2) is 13.7 Å². The van der Waals surface area contributed by atoms with Gasteiger partial charge in [0.1, 0.15) is 16.9 Å². The highest BCUT2D eigenvalue weighted by atomic mass is 79.9. The fourth-order valence-corrected chi connectivity index (χ4v) is 2.64. The minimum absolute atomic E-state index is 0.591. The molecule has 0 saturated heterocycles. The smallest absolute Gasteiger partial charge is 0.144 e. The lowest BCUT2D eigenvalue weighted by Gasteiger charge is -2.09. The minimum Gasteiger partial charge on any atom is -0.336 e. The summed E-state index contributed by atoms with van der Waals surface area (Å²) < 4.78 is 9.29. The summed E-state index contributed by atoms with van der Waals surface area (Å²) in [6.45, 7) is 0. The van der Waals surface area contributed by atoms with E-state index in [0.717, 1.165) is 32.9 Å². The predicted molar refractivity (Wildman–Crippen MR) is 77.6 cm³/mol. The molecule has 0 radical (unpaired) electrons. The van der Waals surface area contributed by atoms with Gasteiger partial charge in [0, 0.05) is 6.20 Å². The highest BCUT2D eigenvalue weighted by Gasteiger charge is 2.11. The van der Waals surface area contributed by atoms with Crippen molar-refractivity contribution in [3.05, 3.63) is 40.0 Å². The number of anilines is 2. The van der Waals surface area contributed by atoms with Gasteiger partial charge >= 0.3 is 0 Å². The number of nitrogens with one attached hydrogen (secondary N) is 1. The van der Waals surface area contributed by atoms with Gasteiger partial charge in [-0.3, -0.25) is 0 Å². The topological polar surface area (TPSA) is 50.7 Å². The normalized spacial score (nSPS) is 10.8. The molecular formula is C11H6BrClN4S. The Balaban J connectivity index is 2.12. The molecule has 0 aliphatic heterocycles. The maximum atomic E-state index is 6.19. The van der Waals surface area contributed by atoms with Gasteiger partial charge in [-0.05, 0) is 40.2 Å².